The molecule has 2 N–H and O–H groups in total. The van der Waals surface area contributed by atoms with Crippen LogP contribution < -0.4 is 4.74 Å². The van der Waals surface area contributed by atoms with Gasteiger partial charge >= 0.3 is 0 Å². The van der Waals surface area contributed by atoms with Crippen molar-refractivity contribution in [2.45, 2.75) is 13.5 Å². The molecule has 0 bridgehead atoms. The molecule has 0 fully saturated rings. The Morgan fingerprint density at radius 2 is 1.78 bits per heavy atom. The quantitative estimate of drug-likeness (QED) is 0.772. The van der Waals surface area contributed by atoms with Crippen molar-refractivity contribution in [3.05, 3.63) is 48.7 Å². The van der Waals surface area contributed by atoms with Crippen LogP contribution in [-0.2, 0) is 6.54 Å². The zero-order valence-electron chi connectivity index (χ0n) is 13.0. The Hall–Kier alpha value is -2.95. The second-order valence-electron chi connectivity index (χ2n) is 5.15. The molecule has 118 valence electrons. The number of methoxy groups -OCH3 is 1. The fourth-order valence-electron chi connectivity index (χ4n) is 2.61. The van der Waals surface area contributed by atoms with E-state index in [1.165, 1.54) is 6.07 Å². The molecule has 0 saturated carbocycles. The third-order valence-corrected chi connectivity index (χ3v) is 3.78. The number of hydrogen-bond acceptors (Lipinski definition) is 4. The summed E-state index contributed by atoms with van der Waals surface area (Å²) >= 11 is 0. The van der Waals surface area contributed by atoms with Gasteiger partial charge in [-0.15, -0.1) is 0 Å². The Morgan fingerprint density at radius 3 is 2.39 bits per heavy atom. The molecule has 5 nitrogen and oxygen atoms in total. The third-order valence-electron chi connectivity index (χ3n) is 3.78. The lowest BCUT2D eigenvalue weighted by atomic mass is 10.0. The van der Waals surface area contributed by atoms with E-state index in [9.17, 15) is 10.2 Å². The van der Waals surface area contributed by atoms with E-state index in [2.05, 4.69) is 5.10 Å². The monoisotopic (exact) mass is 310 g/mol. The van der Waals surface area contributed by atoms with Crippen LogP contribution in [0.15, 0.2) is 48.7 Å². The topological polar surface area (TPSA) is 67.5 Å². The number of aromatic hydroxyl groups is 2. The minimum atomic E-state index is 0.0231. The van der Waals surface area contributed by atoms with Crippen LogP contribution in [0.1, 0.15) is 6.92 Å². The fraction of sp³-hybridized carbons (Fsp3) is 0.167. The van der Waals surface area contributed by atoms with Crippen LogP contribution in [0.5, 0.6) is 17.2 Å². The Labute approximate surface area is 134 Å². The molecule has 2 aromatic carbocycles. The van der Waals surface area contributed by atoms with E-state index in [-0.39, 0.29) is 11.5 Å². The largest absolute Gasteiger partial charge is 0.508 e. The second-order valence-corrected chi connectivity index (χ2v) is 5.15. The molecule has 1 heterocycles. The molecular weight excluding hydrogens is 292 g/mol. The highest BCUT2D eigenvalue weighted by atomic mass is 16.5. The smallest absolute Gasteiger partial charge is 0.128 e. The molecule has 3 aromatic rings. The summed E-state index contributed by atoms with van der Waals surface area (Å²) in [5.74, 6) is 0.834. The Bertz CT molecular complexity index is 823. The zero-order chi connectivity index (χ0) is 16.4. The molecule has 1 aromatic heterocycles. The minimum absolute atomic E-state index is 0.0231. The maximum atomic E-state index is 10.2. The molecule has 0 saturated heterocycles. The Kier molecular flexibility index (Phi) is 3.93. The molecular formula is C18H18N2O3. The van der Waals surface area contributed by atoms with Gasteiger partial charge in [-0.05, 0) is 36.8 Å². The first-order chi connectivity index (χ1) is 11.1. The third kappa shape index (κ3) is 2.73. The van der Waals surface area contributed by atoms with Crippen LogP contribution in [0.4, 0.5) is 0 Å². The predicted molar refractivity (Wildman–Crippen MR) is 88.7 cm³/mol. The predicted octanol–water partition coefficient (Wildman–Crippen LogP) is 3.66. The average molecular weight is 310 g/mol. The van der Waals surface area contributed by atoms with Crippen LogP contribution in [0.25, 0.3) is 22.4 Å². The van der Waals surface area contributed by atoms with Crippen LogP contribution in [-0.4, -0.2) is 27.1 Å². The highest BCUT2D eigenvalue weighted by molar-refractivity contribution is 5.83. The summed E-state index contributed by atoms with van der Waals surface area (Å²) in [6.45, 7) is 2.66. The van der Waals surface area contributed by atoms with Gasteiger partial charge in [0.2, 0.25) is 0 Å². The summed E-state index contributed by atoms with van der Waals surface area (Å²) in [6, 6.07) is 12.3. The van der Waals surface area contributed by atoms with Gasteiger partial charge in [0, 0.05) is 23.7 Å². The highest BCUT2D eigenvalue weighted by Gasteiger charge is 2.17. The number of phenols is 2. The molecule has 0 atom stereocenters. The molecule has 0 aliphatic heterocycles. The van der Waals surface area contributed by atoms with E-state index in [1.54, 1.807) is 25.4 Å². The lowest BCUT2D eigenvalue weighted by Crippen LogP contribution is -1.99. The molecule has 0 amide bonds. The first-order valence-electron chi connectivity index (χ1n) is 7.36. The van der Waals surface area contributed by atoms with Gasteiger partial charge in [0.1, 0.15) is 17.2 Å². The first kappa shape index (κ1) is 15.0. The number of ether oxygens (including phenoxy) is 1. The number of aromatic nitrogens is 2. The van der Waals surface area contributed by atoms with Gasteiger partial charge in [0.15, 0.2) is 0 Å². The normalized spacial score (nSPS) is 10.7. The SMILES string of the molecule is CCn1ncc(-c2ccc(OC)cc2)c1-c1ccc(O)cc1O. The number of benzene rings is 2. The molecule has 0 aliphatic carbocycles. The number of rotatable bonds is 4. The standard InChI is InChI=1S/C18H18N2O3/c1-3-20-18(15-9-6-13(21)10-17(15)22)16(11-19-20)12-4-7-14(23-2)8-5-12/h4-11,21-22H,3H2,1-2H3. The minimum Gasteiger partial charge on any atom is -0.508 e. The number of hydrogen-bond donors (Lipinski definition) is 2. The van der Waals surface area contributed by atoms with Crippen LogP contribution in [0, 0.1) is 0 Å². The van der Waals surface area contributed by atoms with Gasteiger partial charge in [-0.2, -0.15) is 5.10 Å². The fourth-order valence-corrected chi connectivity index (χ4v) is 2.61. The van der Waals surface area contributed by atoms with E-state index < -0.39 is 0 Å². The number of phenolic OH excluding ortho intramolecular Hbond substituents is 2. The maximum Gasteiger partial charge on any atom is 0.128 e. The molecule has 0 spiro atoms. The highest BCUT2D eigenvalue weighted by Crippen LogP contribution is 2.38. The van der Waals surface area contributed by atoms with Crippen molar-refractivity contribution in [3.8, 4) is 39.6 Å². The van der Waals surface area contributed by atoms with Gasteiger partial charge in [0.25, 0.3) is 0 Å². The lowest BCUT2D eigenvalue weighted by molar-refractivity contribution is 0.415. The van der Waals surface area contributed by atoms with Crippen molar-refractivity contribution >= 4 is 0 Å². The summed E-state index contributed by atoms with van der Waals surface area (Å²) in [5, 5.41) is 24.1. The summed E-state index contributed by atoms with van der Waals surface area (Å²) in [7, 11) is 1.63. The first-order valence-corrected chi connectivity index (χ1v) is 7.36. The van der Waals surface area contributed by atoms with E-state index in [4.69, 9.17) is 4.74 Å². The van der Waals surface area contributed by atoms with Crippen molar-refractivity contribution < 1.29 is 14.9 Å². The molecule has 0 unspecified atom stereocenters. The second kappa shape index (κ2) is 6.04. The molecule has 23 heavy (non-hydrogen) atoms. The number of nitrogens with zero attached hydrogens (tertiary/aromatic N) is 2. The van der Waals surface area contributed by atoms with Gasteiger partial charge in [-0.25, -0.2) is 0 Å². The molecule has 5 heteroatoms. The summed E-state index contributed by atoms with van der Waals surface area (Å²) < 4.78 is 7.02. The van der Waals surface area contributed by atoms with Gasteiger partial charge in [-0.3, -0.25) is 4.68 Å². The van der Waals surface area contributed by atoms with E-state index in [0.717, 1.165) is 22.6 Å². The summed E-state index contributed by atoms with van der Waals surface area (Å²) in [4.78, 5) is 0. The van der Waals surface area contributed by atoms with Crippen molar-refractivity contribution in [3.63, 3.8) is 0 Å². The summed E-state index contributed by atoms with van der Waals surface area (Å²) in [5.41, 5.74) is 3.34. The van der Waals surface area contributed by atoms with Crippen molar-refractivity contribution in [2.24, 2.45) is 0 Å². The van der Waals surface area contributed by atoms with Crippen molar-refractivity contribution in [1.29, 1.82) is 0 Å². The zero-order valence-corrected chi connectivity index (χ0v) is 13.0. The van der Waals surface area contributed by atoms with Gasteiger partial charge in [-0.1, -0.05) is 12.1 Å². The maximum absolute atomic E-state index is 10.2. The molecule has 0 aliphatic rings. The van der Waals surface area contributed by atoms with Crippen LogP contribution >= 0.6 is 0 Å². The van der Waals surface area contributed by atoms with E-state index in [0.29, 0.717) is 12.1 Å². The van der Waals surface area contributed by atoms with Crippen molar-refractivity contribution in [1.82, 2.24) is 9.78 Å². The van der Waals surface area contributed by atoms with Gasteiger partial charge in [0.05, 0.1) is 19.0 Å². The van der Waals surface area contributed by atoms with E-state index in [1.807, 2.05) is 35.9 Å². The Balaban J connectivity index is 2.17. The number of aryl methyl sites for hydroxylation is 1. The average Bonchev–Trinajstić information content (AvgIpc) is 2.98. The van der Waals surface area contributed by atoms with Crippen molar-refractivity contribution in [2.75, 3.05) is 7.11 Å². The molecule has 0 radical (unpaired) electrons. The Morgan fingerprint density at radius 1 is 1.04 bits per heavy atom. The van der Waals surface area contributed by atoms with E-state index >= 15 is 0 Å². The molecule has 3 rings (SSSR count). The van der Waals surface area contributed by atoms with Crippen LogP contribution in [0.3, 0.4) is 0 Å². The van der Waals surface area contributed by atoms with Crippen LogP contribution in [0.2, 0.25) is 0 Å². The summed E-state index contributed by atoms with van der Waals surface area (Å²) in [6.07, 6.45) is 1.78. The van der Waals surface area contributed by atoms with Gasteiger partial charge < -0.3 is 14.9 Å². The lowest BCUT2D eigenvalue weighted by Gasteiger charge is -2.11.